The van der Waals surface area contributed by atoms with E-state index in [9.17, 15) is 0 Å². The van der Waals surface area contributed by atoms with Gasteiger partial charge in [0.05, 0.1) is 0 Å². The smallest absolute Gasteiger partial charge is 0.0417 e. The molecule has 3 nitrogen and oxygen atoms in total. The second-order valence-electron chi connectivity index (χ2n) is 5.58. The molecule has 0 amide bonds. The fourth-order valence-electron chi connectivity index (χ4n) is 2.93. The standard InChI is InChI=1S/C15H25N3/c1-12-9-13(10-16)6-7-15(12)18-8-4-5-14(18)11-17(2)3/h6-7,9,14H,4-5,8,10-11,16H2,1-3H3. The van der Waals surface area contributed by atoms with E-state index in [1.807, 2.05) is 0 Å². The van der Waals surface area contributed by atoms with Gasteiger partial charge < -0.3 is 15.5 Å². The van der Waals surface area contributed by atoms with Crippen LogP contribution in [0.4, 0.5) is 5.69 Å². The molecule has 0 saturated carbocycles. The molecule has 1 fully saturated rings. The zero-order valence-corrected chi connectivity index (χ0v) is 11.8. The van der Waals surface area contributed by atoms with Crippen LogP contribution in [-0.2, 0) is 6.54 Å². The highest BCUT2D eigenvalue weighted by Gasteiger charge is 2.25. The van der Waals surface area contributed by atoms with Crippen molar-refractivity contribution < 1.29 is 0 Å². The van der Waals surface area contributed by atoms with Crippen molar-refractivity contribution in [1.29, 1.82) is 0 Å². The van der Waals surface area contributed by atoms with E-state index in [4.69, 9.17) is 5.73 Å². The highest BCUT2D eigenvalue weighted by Crippen LogP contribution is 2.29. The zero-order chi connectivity index (χ0) is 13.1. The Kier molecular flexibility index (Phi) is 4.25. The molecule has 0 bridgehead atoms. The summed E-state index contributed by atoms with van der Waals surface area (Å²) in [5.74, 6) is 0. The van der Waals surface area contributed by atoms with Crippen molar-refractivity contribution in [3.63, 3.8) is 0 Å². The van der Waals surface area contributed by atoms with Gasteiger partial charge in [-0.3, -0.25) is 0 Å². The van der Waals surface area contributed by atoms with Crippen LogP contribution in [0.1, 0.15) is 24.0 Å². The van der Waals surface area contributed by atoms with Gasteiger partial charge in [0.2, 0.25) is 0 Å². The van der Waals surface area contributed by atoms with Crippen LogP contribution in [-0.4, -0.2) is 38.1 Å². The van der Waals surface area contributed by atoms with Crippen LogP contribution in [0.25, 0.3) is 0 Å². The van der Waals surface area contributed by atoms with Gasteiger partial charge in [-0.25, -0.2) is 0 Å². The average molecular weight is 247 g/mol. The predicted octanol–water partition coefficient (Wildman–Crippen LogP) is 1.98. The number of anilines is 1. The van der Waals surface area contributed by atoms with Gasteiger partial charge in [0.1, 0.15) is 0 Å². The van der Waals surface area contributed by atoms with Crippen molar-refractivity contribution in [2.75, 3.05) is 32.1 Å². The van der Waals surface area contributed by atoms with E-state index in [0.29, 0.717) is 12.6 Å². The van der Waals surface area contributed by atoms with Crippen LogP contribution >= 0.6 is 0 Å². The summed E-state index contributed by atoms with van der Waals surface area (Å²) in [5.41, 5.74) is 9.65. The minimum atomic E-state index is 0.627. The molecular weight excluding hydrogens is 222 g/mol. The molecule has 2 N–H and O–H groups in total. The Balaban J connectivity index is 2.19. The van der Waals surface area contributed by atoms with Gasteiger partial charge in [0, 0.05) is 31.4 Å². The van der Waals surface area contributed by atoms with Gasteiger partial charge >= 0.3 is 0 Å². The second kappa shape index (κ2) is 5.72. The van der Waals surface area contributed by atoms with Gasteiger partial charge in [-0.05, 0) is 51.1 Å². The number of nitrogens with zero attached hydrogens (tertiary/aromatic N) is 2. The molecule has 18 heavy (non-hydrogen) atoms. The lowest BCUT2D eigenvalue weighted by atomic mass is 10.1. The molecule has 1 saturated heterocycles. The summed E-state index contributed by atoms with van der Waals surface area (Å²) in [6.07, 6.45) is 2.60. The first kappa shape index (κ1) is 13.4. The number of likely N-dealkylation sites (N-methyl/N-ethyl adjacent to an activating group) is 1. The van der Waals surface area contributed by atoms with E-state index in [1.165, 1.54) is 36.2 Å². The van der Waals surface area contributed by atoms with Gasteiger partial charge in [-0.1, -0.05) is 12.1 Å². The van der Waals surface area contributed by atoms with Gasteiger partial charge in [-0.2, -0.15) is 0 Å². The first-order valence-electron chi connectivity index (χ1n) is 6.83. The summed E-state index contributed by atoms with van der Waals surface area (Å²) < 4.78 is 0. The van der Waals surface area contributed by atoms with Crippen LogP contribution in [0.2, 0.25) is 0 Å². The number of benzene rings is 1. The Labute approximate surface area is 111 Å². The zero-order valence-electron chi connectivity index (χ0n) is 11.8. The van der Waals surface area contributed by atoms with Crippen LogP contribution in [0, 0.1) is 6.92 Å². The van der Waals surface area contributed by atoms with Crippen LogP contribution in [0.3, 0.4) is 0 Å². The lowest BCUT2D eigenvalue weighted by Crippen LogP contribution is -2.37. The van der Waals surface area contributed by atoms with E-state index >= 15 is 0 Å². The van der Waals surface area contributed by atoms with Crippen molar-refractivity contribution in [2.24, 2.45) is 5.73 Å². The average Bonchev–Trinajstić information content (AvgIpc) is 2.76. The van der Waals surface area contributed by atoms with Crippen molar-refractivity contribution in [3.8, 4) is 0 Å². The van der Waals surface area contributed by atoms with Gasteiger partial charge in [0.15, 0.2) is 0 Å². The second-order valence-corrected chi connectivity index (χ2v) is 5.58. The van der Waals surface area contributed by atoms with Crippen molar-refractivity contribution in [2.45, 2.75) is 32.4 Å². The maximum atomic E-state index is 5.70. The molecule has 1 unspecified atom stereocenters. The first-order valence-corrected chi connectivity index (χ1v) is 6.83. The first-order chi connectivity index (χ1) is 8.61. The summed E-state index contributed by atoms with van der Waals surface area (Å²) in [4.78, 5) is 4.85. The molecule has 2 rings (SSSR count). The fraction of sp³-hybridized carbons (Fsp3) is 0.600. The summed E-state index contributed by atoms with van der Waals surface area (Å²) in [6.45, 7) is 5.14. The Morgan fingerprint density at radius 1 is 1.39 bits per heavy atom. The summed E-state index contributed by atoms with van der Waals surface area (Å²) in [5, 5.41) is 0. The molecule has 0 aliphatic carbocycles. The number of hydrogen-bond acceptors (Lipinski definition) is 3. The number of hydrogen-bond donors (Lipinski definition) is 1. The van der Waals surface area contributed by atoms with E-state index in [1.54, 1.807) is 0 Å². The quantitative estimate of drug-likeness (QED) is 0.883. The SMILES string of the molecule is Cc1cc(CN)ccc1N1CCCC1CN(C)C. The molecule has 1 aliphatic rings. The Bertz CT molecular complexity index is 401. The molecule has 0 aromatic heterocycles. The molecular formula is C15H25N3. The molecule has 0 spiro atoms. The lowest BCUT2D eigenvalue weighted by Gasteiger charge is -2.30. The summed E-state index contributed by atoms with van der Waals surface area (Å²) in [6, 6.07) is 7.28. The number of nitrogens with two attached hydrogens (primary N) is 1. The summed E-state index contributed by atoms with van der Waals surface area (Å²) >= 11 is 0. The molecule has 1 aliphatic heterocycles. The van der Waals surface area contributed by atoms with Gasteiger partial charge in [-0.15, -0.1) is 0 Å². The van der Waals surface area contributed by atoms with E-state index in [0.717, 1.165) is 6.54 Å². The minimum Gasteiger partial charge on any atom is -0.367 e. The lowest BCUT2D eigenvalue weighted by molar-refractivity contribution is 0.372. The van der Waals surface area contributed by atoms with E-state index in [-0.39, 0.29) is 0 Å². The largest absolute Gasteiger partial charge is 0.367 e. The number of aryl methyl sites for hydroxylation is 1. The highest BCUT2D eigenvalue weighted by atomic mass is 15.2. The van der Waals surface area contributed by atoms with Crippen molar-refractivity contribution in [1.82, 2.24) is 4.90 Å². The maximum Gasteiger partial charge on any atom is 0.0417 e. The Morgan fingerprint density at radius 3 is 2.78 bits per heavy atom. The van der Waals surface area contributed by atoms with Gasteiger partial charge in [0.25, 0.3) is 0 Å². The molecule has 1 heterocycles. The molecule has 1 atom stereocenters. The third kappa shape index (κ3) is 2.85. The van der Waals surface area contributed by atoms with Crippen LogP contribution < -0.4 is 10.6 Å². The monoisotopic (exact) mass is 247 g/mol. The maximum absolute atomic E-state index is 5.70. The van der Waals surface area contributed by atoms with Crippen LogP contribution in [0.15, 0.2) is 18.2 Å². The van der Waals surface area contributed by atoms with Crippen molar-refractivity contribution >= 4 is 5.69 Å². The molecule has 100 valence electrons. The molecule has 3 heteroatoms. The van der Waals surface area contributed by atoms with E-state index < -0.39 is 0 Å². The Morgan fingerprint density at radius 2 is 2.17 bits per heavy atom. The molecule has 1 aromatic rings. The third-order valence-electron chi connectivity index (χ3n) is 3.76. The molecule has 1 aromatic carbocycles. The van der Waals surface area contributed by atoms with E-state index in [2.05, 4.69) is 49.0 Å². The van der Waals surface area contributed by atoms with Crippen LogP contribution in [0.5, 0.6) is 0 Å². The number of rotatable bonds is 4. The predicted molar refractivity (Wildman–Crippen MR) is 78.0 cm³/mol. The third-order valence-corrected chi connectivity index (χ3v) is 3.76. The van der Waals surface area contributed by atoms with Crippen molar-refractivity contribution in [3.05, 3.63) is 29.3 Å². The molecule has 0 radical (unpaired) electrons. The summed E-state index contributed by atoms with van der Waals surface area (Å²) in [7, 11) is 4.31. The minimum absolute atomic E-state index is 0.627. The highest BCUT2D eigenvalue weighted by molar-refractivity contribution is 5.56. The fourth-order valence-corrected chi connectivity index (χ4v) is 2.93. The Hall–Kier alpha value is -1.06. The normalized spacial score (nSPS) is 19.8. The topological polar surface area (TPSA) is 32.5 Å².